The summed E-state index contributed by atoms with van der Waals surface area (Å²) in [5.41, 5.74) is 3.13. The molecule has 0 fully saturated rings. The number of rotatable bonds is 4. The number of hydrogen-bond acceptors (Lipinski definition) is 4. The Labute approximate surface area is 199 Å². The van der Waals surface area contributed by atoms with Crippen LogP contribution in [-0.4, -0.2) is 9.38 Å². The fraction of sp³-hybridized carbons (Fsp3) is 0.0435. The van der Waals surface area contributed by atoms with Gasteiger partial charge in [-0.05, 0) is 48.5 Å². The largest absolute Gasteiger partial charge is 0.488 e. The van der Waals surface area contributed by atoms with Gasteiger partial charge in [0.05, 0.1) is 15.6 Å². The van der Waals surface area contributed by atoms with Crippen LogP contribution in [0.5, 0.6) is 5.75 Å². The molecule has 154 valence electrons. The number of para-hydroxylation sites is 2. The predicted octanol–water partition coefficient (Wildman–Crippen LogP) is 6.11. The highest BCUT2D eigenvalue weighted by Crippen LogP contribution is 2.27. The fourth-order valence-electron chi connectivity index (χ4n) is 3.31. The third-order valence-corrected chi connectivity index (χ3v) is 6.85. The van der Waals surface area contributed by atoms with Crippen molar-refractivity contribution in [1.82, 2.24) is 9.38 Å². The number of ether oxygens (including phenoxy) is 1. The van der Waals surface area contributed by atoms with Crippen LogP contribution in [0.25, 0.3) is 22.1 Å². The molecule has 0 atom stereocenters. The zero-order valence-corrected chi connectivity index (χ0v) is 19.7. The van der Waals surface area contributed by atoms with E-state index < -0.39 is 0 Å². The summed E-state index contributed by atoms with van der Waals surface area (Å²) < 4.78 is 9.16. The van der Waals surface area contributed by atoms with Gasteiger partial charge in [0.1, 0.15) is 12.4 Å². The quantitative estimate of drug-likeness (QED) is 0.281. The highest BCUT2D eigenvalue weighted by atomic mass is 79.9. The van der Waals surface area contributed by atoms with Gasteiger partial charge in [-0.2, -0.15) is 0 Å². The summed E-state index contributed by atoms with van der Waals surface area (Å²) in [6, 6.07) is 18.6. The van der Waals surface area contributed by atoms with Gasteiger partial charge in [-0.15, -0.1) is 0 Å². The number of hydrogen-bond donors (Lipinski definition) is 0. The predicted molar refractivity (Wildman–Crippen MR) is 131 cm³/mol. The molecule has 0 aliphatic carbocycles. The summed E-state index contributed by atoms with van der Waals surface area (Å²) >= 11 is 17.1. The van der Waals surface area contributed by atoms with Crippen molar-refractivity contribution < 1.29 is 4.74 Å². The Morgan fingerprint density at radius 1 is 1.10 bits per heavy atom. The molecule has 0 unspecified atom stereocenters. The second-order valence-electron chi connectivity index (χ2n) is 6.84. The Hall–Kier alpha value is -2.38. The Bertz CT molecular complexity index is 1560. The highest BCUT2D eigenvalue weighted by molar-refractivity contribution is 9.10. The van der Waals surface area contributed by atoms with E-state index in [9.17, 15) is 4.79 Å². The zero-order valence-electron chi connectivity index (χ0n) is 15.8. The summed E-state index contributed by atoms with van der Waals surface area (Å²) in [5, 5.41) is 1.12. The van der Waals surface area contributed by atoms with Crippen LogP contribution in [0.15, 0.2) is 69.9 Å². The lowest BCUT2D eigenvalue weighted by atomic mass is 10.2. The minimum absolute atomic E-state index is 0.0969. The van der Waals surface area contributed by atoms with Crippen LogP contribution in [0.3, 0.4) is 0 Å². The number of thiazole rings is 1. The highest BCUT2D eigenvalue weighted by Gasteiger charge is 2.12. The molecule has 2 heterocycles. The second-order valence-corrected chi connectivity index (χ2v) is 9.61. The van der Waals surface area contributed by atoms with Crippen LogP contribution in [-0.2, 0) is 6.61 Å². The molecule has 0 aliphatic heterocycles. The van der Waals surface area contributed by atoms with Crippen LogP contribution < -0.4 is 14.8 Å². The summed E-state index contributed by atoms with van der Waals surface area (Å²) in [5.74, 6) is 0.643. The van der Waals surface area contributed by atoms with Gasteiger partial charge in [-0.1, -0.05) is 68.7 Å². The molecule has 0 saturated heterocycles. The number of fused-ring (bicyclic) bond motifs is 3. The maximum Gasteiger partial charge on any atom is 0.274 e. The second kappa shape index (κ2) is 8.28. The van der Waals surface area contributed by atoms with E-state index in [1.807, 2.05) is 54.6 Å². The van der Waals surface area contributed by atoms with Crippen LogP contribution in [0, 0.1) is 0 Å². The summed E-state index contributed by atoms with van der Waals surface area (Å²) in [6.07, 6.45) is 1.83. The summed E-state index contributed by atoms with van der Waals surface area (Å²) in [4.78, 5) is 18.3. The van der Waals surface area contributed by atoms with Crippen molar-refractivity contribution in [3.05, 3.63) is 101 Å². The molecule has 3 aromatic carbocycles. The van der Waals surface area contributed by atoms with Gasteiger partial charge in [-0.3, -0.25) is 4.79 Å². The van der Waals surface area contributed by atoms with Gasteiger partial charge in [0.2, 0.25) is 0 Å². The minimum atomic E-state index is -0.0969. The lowest BCUT2D eigenvalue weighted by molar-refractivity contribution is 0.305. The van der Waals surface area contributed by atoms with Crippen molar-refractivity contribution in [1.29, 1.82) is 0 Å². The van der Waals surface area contributed by atoms with Crippen molar-refractivity contribution in [2.75, 3.05) is 0 Å². The van der Waals surface area contributed by atoms with Gasteiger partial charge >= 0.3 is 0 Å². The molecule has 0 spiro atoms. The smallest absolute Gasteiger partial charge is 0.274 e. The van der Waals surface area contributed by atoms with Crippen LogP contribution in [0.4, 0.5) is 0 Å². The molecule has 0 N–H and O–H groups in total. The number of imidazole rings is 1. The van der Waals surface area contributed by atoms with Crippen LogP contribution >= 0.6 is 50.5 Å². The van der Waals surface area contributed by atoms with E-state index in [1.165, 1.54) is 11.3 Å². The summed E-state index contributed by atoms with van der Waals surface area (Å²) in [7, 11) is 0. The number of benzene rings is 3. The first-order valence-electron chi connectivity index (χ1n) is 9.27. The number of halogens is 3. The molecule has 8 heteroatoms. The van der Waals surface area contributed by atoms with E-state index in [0.717, 1.165) is 26.6 Å². The normalized spacial score (nSPS) is 12.2. The molecule has 0 saturated carbocycles. The first kappa shape index (κ1) is 20.5. The molecule has 0 aliphatic rings. The fourth-order valence-corrected chi connectivity index (χ4v) is 5.13. The van der Waals surface area contributed by atoms with Gasteiger partial charge < -0.3 is 4.74 Å². The van der Waals surface area contributed by atoms with E-state index in [0.29, 0.717) is 25.3 Å². The average Bonchev–Trinajstić information content (AvgIpc) is 3.25. The molecular weight excluding hydrogens is 519 g/mol. The lowest BCUT2D eigenvalue weighted by Crippen LogP contribution is -2.22. The van der Waals surface area contributed by atoms with E-state index in [2.05, 4.69) is 20.9 Å². The average molecular weight is 532 g/mol. The molecule has 0 bridgehead atoms. The number of nitrogens with zero attached hydrogens (tertiary/aromatic N) is 2. The number of aromatic nitrogens is 2. The van der Waals surface area contributed by atoms with Gasteiger partial charge in [0, 0.05) is 25.6 Å². The maximum atomic E-state index is 13.1. The first-order chi connectivity index (χ1) is 15.0. The lowest BCUT2D eigenvalue weighted by Gasteiger charge is -2.11. The topological polar surface area (TPSA) is 43.6 Å². The van der Waals surface area contributed by atoms with E-state index in [4.69, 9.17) is 27.9 Å². The first-order valence-corrected chi connectivity index (χ1v) is 11.6. The molecule has 31 heavy (non-hydrogen) atoms. The van der Waals surface area contributed by atoms with Crippen molar-refractivity contribution in [3.63, 3.8) is 0 Å². The zero-order chi connectivity index (χ0) is 21.5. The van der Waals surface area contributed by atoms with Crippen molar-refractivity contribution in [3.8, 4) is 5.75 Å². The van der Waals surface area contributed by atoms with Gasteiger partial charge in [0.15, 0.2) is 4.96 Å². The Kier molecular flexibility index (Phi) is 5.48. The molecular formula is C23H13BrCl2N2O2S. The molecule has 0 amide bonds. The van der Waals surface area contributed by atoms with E-state index in [1.54, 1.807) is 16.5 Å². The Morgan fingerprint density at radius 2 is 1.94 bits per heavy atom. The van der Waals surface area contributed by atoms with Crippen molar-refractivity contribution >= 4 is 72.5 Å². The Morgan fingerprint density at radius 3 is 2.77 bits per heavy atom. The van der Waals surface area contributed by atoms with E-state index in [-0.39, 0.29) is 12.2 Å². The molecule has 4 nitrogen and oxygen atoms in total. The standard InChI is InChI=1S/C23H13BrCl2N2O2S/c24-15-6-8-20(30-12-13-5-7-16(25)11-17(13)26)14(9-15)10-21-22(29)28-19-4-2-1-3-18(19)27-23(28)31-21/h1-11H,12H2/b21-10-. The third kappa shape index (κ3) is 3.96. The third-order valence-electron chi connectivity index (χ3n) is 4.80. The van der Waals surface area contributed by atoms with Gasteiger partial charge in [0.25, 0.3) is 5.56 Å². The molecule has 5 rings (SSSR count). The molecule has 0 radical (unpaired) electrons. The molecule has 2 aromatic heterocycles. The monoisotopic (exact) mass is 530 g/mol. The summed E-state index contributed by atoms with van der Waals surface area (Å²) in [6.45, 7) is 0.279. The van der Waals surface area contributed by atoms with Crippen molar-refractivity contribution in [2.45, 2.75) is 6.61 Å². The van der Waals surface area contributed by atoms with E-state index >= 15 is 0 Å². The Balaban J connectivity index is 1.56. The van der Waals surface area contributed by atoms with Gasteiger partial charge in [-0.25, -0.2) is 9.38 Å². The van der Waals surface area contributed by atoms with Crippen LogP contribution in [0.2, 0.25) is 10.0 Å². The van der Waals surface area contributed by atoms with Crippen molar-refractivity contribution in [2.24, 2.45) is 0 Å². The molecule has 5 aromatic rings. The SMILES string of the molecule is O=c1/c(=C/c2cc(Br)ccc2OCc2ccc(Cl)cc2Cl)sc2nc3ccccc3n12. The maximum absolute atomic E-state index is 13.1. The minimum Gasteiger partial charge on any atom is -0.488 e. The van der Waals surface area contributed by atoms with Crippen LogP contribution in [0.1, 0.15) is 11.1 Å².